The number of nitrogens with zero attached hydrogens (tertiary/aromatic N) is 3. The predicted octanol–water partition coefficient (Wildman–Crippen LogP) is 3.39. The molecule has 0 aliphatic rings. The van der Waals surface area contributed by atoms with E-state index in [0.717, 1.165) is 15.7 Å². The van der Waals surface area contributed by atoms with Crippen molar-refractivity contribution >= 4 is 39.0 Å². The number of hydrogen-bond acceptors (Lipinski definition) is 3. The van der Waals surface area contributed by atoms with Crippen LogP contribution in [0.15, 0.2) is 41.0 Å². The Bertz CT molecular complexity index is 738. The minimum atomic E-state index is 0.541. The monoisotopic (exact) mass is 322 g/mol. The summed E-state index contributed by atoms with van der Waals surface area (Å²) in [6.45, 7) is 0. The van der Waals surface area contributed by atoms with E-state index < -0.39 is 0 Å². The molecule has 0 spiro atoms. The number of hydrogen-bond donors (Lipinski definition) is 1. The number of fused-ring (bicyclic) bond motifs is 1. The summed E-state index contributed by atoms with van der Waals surface area (Å²) in [5.41, 5.74) is 8.13. The summed E-state index contributed by atoms with van der Waals surface area (Å²) in [7, 11) is 0. The van der Waals surface area contributed by atoms with Gasteiger partial charge in [0.2, 0.25) is 0 Å². The van der Waals surface area contributed by atoms with Crippen LogP contribution in [0.3, 0.4) is 0 Å². The molecule has 0 atom stereocenters. The van der Waals surface area contributed by atoms with Crippen molar-refractivity contribution in [1.82, 2.24) is 14.6 Å². The van der Waals surface area contributed by atoms with Crippen molar-refractivity contribution in [2.24, 2.45) is 0 Å². The second kappa shape index (κ2) is 4.26. The van der Waals surface area contributed by atoms with E-state index in [1.807, 2.05) is 24.3 Å². The molecule has 6 heteroatoms. The van der Waals surface area contributed by atoms with Crippen LogP contribution in [0.25, 0.3) is 16.9 Å². The molecule has 2 N–H and O–H groups in total. The van der Waals surface area contributed by atoms with Crippen molar-refractivity contribution < 1.29 is 0 Å². The number of nitrogens with two attached hydrogens (primary N) is 1. The first-order chi connectivity index (χ1) is 8.65. The first-order valence-electron chi connectivity index (χ1n) is 5.21. The Hall–Kier alpha value is -1.59. The number of halogens is 2. The summed E-state index contributed by atoms with van der Waals surface area (Å²) < 4.78 is 2.52. The van der Waals surface area contributed by atoms with Crippen LogP contribution >= 0.6 is 27.5 Å². The zero-order valence-electron chi connectivity index (χ0n) is 9.14. The van der Waals surface area contributed by atoms with Gasteiger partial charge in [-0.25, -0.2) is 4.98 Å². The lowest BCUT2D eigenvalue weighted by Gasteiger charge is -2.00. The van der Waals surface area contributed by atoms with E-state index in [4.69, 9.17) is 17.3 Å². The second-order valence-corrected chi connectivity index (χ2v) is 5.12. The second-order valence-electron chi connectivity index (χ2n) is 3.79. The molecular formula is C12H8BrClN4. The molecule has 90 valence electrons. The fourth-order valence-electron chi connectivity index (χ4n) is 1.74. The molecule has 3 rings (SSSR count). The Labute approximate surface area is 117 Å². The molecule has 0 amide bonds. The van der Waals surface area contributed by atoms with Gasteiger partial charge in [0, 0.05) is 22.3 Å². The van der Waals surface area contributed by atoms with E-state index in [-0.39, 0.29) is 0 Å². The zero-order chi connectivity index (χ0) is 12.7. The van der Waals surface area contributed by atoms with Crippen LogP contribution in [0.1, 0.15) is 0 Å². The smallest absolute Gasteiger partial charge is 0.157 e. The molecule has 0 aliphatic carbocycles. The van der Waals surface area contributed by atoms with Gasteiger partial charge in [-0.3, -0.25) is 0 Å². The average molecular weight is 324 g/mol. The molecule has 0 fully saturated rings. The van der Waals surface area contributed by atoms with Gasteiger partial charge in [-0.1, -0.05) is 33.6 Å². The highest BCUT2D eigenvalue weighted by Gasteiger charge is 2.10. The quantitative estimate of drug-likeness (QED) is 0.747. The van der Waals surface area contributed by atoms with Crippen LogP contribution in [-0.4, -0.2) is 14.6 Å². The summed E-state index contributed by atoms with van der Waals surface area (Å²) >= 11 is 9.57. The number of aromatic nitrogens is 3. The maximum Gasteiger partial charge on any atom is 0.157 e. The summed E-state index contributed by atoms with van der Waals surface area (Å²) in [6, 6.07) is 9.21. The molecule has 0 bridgehead atoms. The molecule has 2 heterocycles. The SMILES string of the molecule is Nc1ccnc2cc(-c3ccc(Br)cc3Cl)nn12. The van der Waals surface area contributed by atoms with Crippen LogP contribution in [0.2, 0.25) is 5.02 Å². The lowest BCUT2D eigenvalue weighted by Crippen LogP contribution is -1.98. The van der Waals surface area contributed by atoms with Gasteiger partial charge in [0.25, 0.3) is 0 Å². The van der Waals surface area contributed by atoms with E-state index in [1.54, 1.807) is 16.8 Å². The van der Waals surface area contributed by atoms with Crippen LogP contribution in [0.4, 0.5) is 5.82 Å². The zero-order valence-corrected chi connectivity index (χ0v) is 11.5. The van der Waals surface area contributed by atoms with Crippen molar-refractivity contribution in [3.8, 4) is 11.3 Å². The minimum Gasteiger partial charge on any atom is -0.384 e. The Morgan fingerprint density at radius 2 is 2.06 bits per heavy atom. The molecule has 0 saturated heterocycles. The molecule has 3 aromatic rings. The molecule has 1 aromatic carbocycles. The van der Waals surface area contributed by atoms with Crippen molar-refractivity contribution in [2.75, 3.05) is 5.73 Å². The fraction of sp³-hybridized carbons (Fsp3) is 0. The normalized spacial score (nSPS) is 11.0. The first-order valence-corrected chi connectivity index (χ1v) is 6.38. The Morgan fingerprint density at radius 3 is 2.78 bits per heavy atom. The molecule has 0 unspecified atom stereocenters. The topological polar surface area (TPSA) is 56.2 Å². The largest absolute Gasteiger partial charge is 0.384 e. The molecule has 4 nitrogen and oxygen atoms in total. The lowest BCUT2D eigenvalue weighted by molar-refractivity contribution is 0.956. The third-order valence-electron chi connectivity index (χ3n) is 2.59. The molecule has 18 heavy (non-hydrogen) atoms. The van der Waals surface area contributed by atoms with Gasteiger partial charge in [0.1, 0.15) is 5.82 Å². The molecule has 0 radical (unpaired) electrons. The molecular weight excluding hydrogens is 316 g/mol. The minimum absolute atomic E-state index is 0.541. The van der Waals surface area contributed by atoms with Gasteiger partial charge in [0.15, 0.2) is 5.65 Å². The summed E-state index contributed by atoms with van der Waals surface area (Å²) in [4.78, 5) is 4.20. The summed E-state index contributed by atoms with van der Waals surface area (Å²) in [5.74, 6) is 0.541. The van der Waals surface area contributed by atoms with Gasteiger partial charge in [-0.05, 0) is 18.2 Å². The average Bonchev–Trinajstić information content (AvgIpc) is 2.74. The molecule has 0 saturated carbocycles. The first kappa shape index (κ1) is 11.5. The number of rotatable bonds is 1. The van der Waals surface area contributed by atoms with Crippen molar-refractivity contribution in [3.63, 3.8) is 0 Å². The predicted molar refractivity (Wildman–Crippen MR) is 75.5 cm³/mol. The summed E-state index contributed by atoms with van der Waals surface area (Å²) in [6.07, 6.45) is 1.65. The highest BCUT2D eigenvalue weighted by molar-refractivity contribution is 9.10. The van der Waals surface area contributed by atoms with E-state index >= 15 is 0 Å². The number of nitrogen functional groups attached to an aromatic ring is 1. The van der Waals surface area contributed by atoms with E-state index in [1.165, 1.54) is 0 Å². The molecule has 2 aromatic heterocycles. The lowest BCUT2D eigenvalue weighted by atomic mass is 10.1. The van der Waals surface area contributed by atoms with E-state index in [2.05, 4.69) is 26.0 Å². The van der Waals surface area contributed by atoms with Gasteiger partial charge in [-0.15, -0.1) is 0 Å². The van der Waals surface area contributed by atoms with Crippen molar-refractivity contribution in [2.45, 2.75) is 0 Å². The maximum atomic E-state index is 6.20. The van der Waals surface area contributed by atoms with Crippen LogP contribution in [0.5, 0.6) is 0 Å². The van der Waals surface area contributed by atoms with Gasteiger partial charge in [-0.2, -0.15) is 9.61 Å². The fourth-order valence-corrected chi connectivity index (χ4v) is 2.51. The summed E-state index contributed by atoms with van der Waals surface area (Å²) in [5, 5.41) is 5.03. The maximum absolute atomic E-state index is 6.20. The van der Waals surface area contributed by atoms with Crippen LogP contribution < -0.4 is 5.73 Å². The Morgan fingerprint density at radius 1 is 1.22 bits per heavy atom. The highest BCUT2D eigenvalue weighted by atomic mass is 79.9. The van der Waals surface area contributed by atoms with E-state index in [0.29, 0.717) is 16.5 Å². The highest BCUT2D eigenvalue weighted by Crippen LogP contribution is 2.30. The van der Waals surface area contributed by atoms with Crippen molar-refractivity contribution in [3.05, 3.63) is 46.0 Å². The van der Waals surface area contributed by atoms with Gasteiger partial charge < -0.3 is 5.73 Å². The third-order valence-corrected chi connectivity index (χ3v) is 3.40. The number of anilines is 1. The number of benzene rings is 1. The van der Waals surface area contributed by atoms with Crippen molar-refractivity contribution in [1.29, 1.82) is 0 Å². The van der Waals surface area contributed by atoms with Gasteiger partial charge >= 0.3 is 0 Å². The van der Waals surface area contributed by atoms with Crippen LogP contribution in [0, 0.1) is 0 Å². The third kappa shape index (κ3) is 1.85. The van der Waals surface area contributed by atoms with Gasteiger partial charge in [0.05, 0.1) is 10.7 Å². The standard InChI is InChI=1S/C12H8BrClN4/c13-7-1-2-8(9(14)5-7)10-6-12-16-4-3-11(15)18(12)17-10/h1-6H,15H2. The Kier molecular flexibility index (Phi) is 2.72. The Balaban J connectivity index is 2.23. The van der Waals surface area contributed by atoms with Crippen LogP contribution in [-0.2, 0) is 0 Å². The molecule has 0 aliphatic heterocycles. The van der Waals surface area contributed by atoms with E-state index in [9.17, 15) is 0 Å².